The molecule has 1 aromatic heterocycles. The van der Waals surface area contributed by atoms with Crippen LogP contribution >= 0.6 is 11.6 Å². The summed E-state index contributed by atoms with van der Waals surface area (Å²) in [5.74, 6) is 1.43. The third-order valence-corrected chi connectivity index (χ3v) is 1.94. The van der Waals surface area contributed by atoms with Gasteiger partial charge >= 0.3 is 0 Å². The van der Waals surface area contributed by atoms with Crippen LogP contribution in [-0.4, -0.2) is 21.4 Å². The first kappa shape index (κ1) is 10.3. The second-order valence-corrected chi connectivity index (χ2v) is 3.92. The van der Waals surface area contributed by atoms with Crippen LogP contribution in [0.1, 0.15) is 20.3 Å². The van der Waals surface area contributed by atoms with Crippen LogP contribution in [0.3, 0.4) is 0 Å². The normalized spacial score (nSPS) is 11.3. The molecule has 0 saturated carbocycles. The van der Waals surface area contributed by atoms with E-state index < -0.39 is 0 Å². The molecule has 0 atom stereocenters. The van der Waals surface area contributed by atoms with E-state index in [2.05, 4.69) is 29.1 Å². The maximum Gasteiger partial charge on any atom is 0.144 e. The van der Waals surface area contributed by atoms with Crippen molar-refractivity contribution in [3.8, 4) is 0 Å². The minimum Gasteiger partial charge on any atom is -0.364 e. The van der Waals surface area contributed by atoms with Crippen molar-refractivity contribution in [2.45, 2.75) is 25.8 Å². The smallest absolute Gasteiger partial charge is 0.144 e. The molecule has 0 aliphatic rings. The molecule has 4 heteroatoms. The number of rotatable bonds is 4. The number of anilines is 1. The molecule has 0 amide bonds. The summed E-state index contributed by atoms with van der Waals surface area (Å²) in [5.41, 5.74) is -0.0300. The van der Waals surface area contributed by atoms with Crippen molar-refractivity contribution in [3.05, 3.63) is 18.6 Å². The minimum atomic E-state index is -0.0300. The maximum atomic E-state index is 5.68. The third-order valence-electron chi connectivity index (χ3n) is 1.75. The van der Waals surface area contributed by atoms with Gasteiger partial charge in [0.1, 0.15) is 5.82 Å². The molecule has 1 aromatic rings. The number of nitrogens with one attached hydrogen (secondary N) is 1. The molecule has 0 bridgehead atoms. The van der Waals surface area contributed by atoms with E-state index in [-0.39, 0.29) is 5.54 Å². The zero-order valence-electron chi connectivity index (χ0n) is 7.92. The van der Waals surface area contributed by atoms with Gasteiger partial charge in [-0.1, -0.05) is 0 Å². The first-order valence-corrected chi connectivity index (χ1v) is 4.78. The highest BCUT2D eigenvalue weighted by Gasteiger charge is 2.16. The Morgan fingerprint density at radius 2 is 2.23 bits per heavy atom. The van der Waals surface area contributed by atoms with Crippen molar-refractivity contribution in [2.24, 2.45) is 0 Å². The zero-order chi connectivity index (χ0) is 9.73. The molecule has 0 aromatic carbocycles. The fourth-order valence-electron chi connectivity index (χ4n) is 1.01. The van der Waals surface area contributed by atoms with E-state index in [0.29, 0.717) is 5.88 Å². The van der Waals surface area contributed by atoms with E-state index in [1.807, 2.05) is 0 Å². The molecule has 0 aliphatic carbocycles. The largest absolute Gasteiger partial charge is 0.364 e. The number of nitrogens with zero attached hydrogens (tertiary/aromatic N) is 2. The molecule has 1 rings (SSSR count). The Balaban J connectivity index is 2.58. The highest BCUT2D eigenvalue weighted by Crippen LogP contribution is 2.15. The summed E-state index contributed by atoms with van der Waals surface area (Å²) in [7, 11) is 0. The topological polar surface area (TPSA) is 37.8 Å². The summed E-state index contributed by atoms with van der Waals surface area (Å²) in [6.07, 6.45) is 5.92. The zero-order valence-corrected chi connectivity index (χ0v) is 8.67. The van der Waals surface area contributed by atoms with E-state index in [4.69, 9.17) is 11.6 Å². The third kappa shape index (κ3) is 3.59. The average molecular weight is 200 g/mol. The van der Waals surface area contributed by atoms with Gasteiger partial charge in [0.05, 0.1) is 6.20 Å². The van der Waals surface area contributed by atoms with Gasteiger partial charge in [-0.3, -0.25) is 4.98 Å². The van der Waals surface area contributed by atoms with Gasteiger partial charge in [-0.05, 0) is 20.3 Å². The summed E-state index contributed by atoms with van der Waals surface area (Å²) in [5, 5.41) is 3.26. The molecule has 0 radical (unpaired) electrons. The van der Waals surface area contributed by atoms with Gasteiger partial charge in [-0.15, -0.1) is 11.6 Å². The molecule has 72 valence electrons. The van der Waals surface area contributed by atoms with E-state index in [1.54, 1.807) is 18.6 Å². The van der Waals surface area contributed by atoms with Crippen LogP contribution in [0, 0.1) is 0 Å². The SMILES string of the molecule is CC(C)(CCCl)Nc1cnccn1. The van der Waals surface area contributed by atoms with Crippen molar-refractivity contribution in [1.29, 1.82) is 0 Å². The Labute approximate surface area is 83.5 Å². The Bertz CT molecular complexity index is 248. The predicted octanol–water partition coefficient (Wildman–Crippen LogP) is 2.30. The quantitative estimate of drug-likeness (QED) is 0.757. The van der Waals surface area contributed by atoms with Crippen LogP contribution in [0.2, 0.25) is 0 Å². The van der Waals surface area contributed by atoms with Crippen molar-refractivity contribution in [2.75, 3.05) is 11.2 Å². The predicted molar refractivity (Wildman–Crippen MR) is 55.1 cm³/mol. The number of aromatic nitrogens is 2. The lowest BCUT2D eigenvalue weighted by Gasteiger charge is -2.25. The molecule has 0 aliphatic heterocycles. The molecular formula is C9H14ClN3. The fourth-order valence-corrected chi connectivity index (χ4v) is 1.48. The Kier molecular flexibility index (Phi) is 3.48. The van der Waals surface area contributed by atoms with Gasteiger partial charge in [-0.2, -0.15) is 0 Å². The summed E-state index contributed by atoms with van der Waals surface area (Å²) in [6.45, 7) is 4.17. The molecule has 0 spiro atoms. The highest BCUT2D eigenvalue weighted by molar-refractivity contribution is 6.17. The molecular weight excluding hydrogens is 186 g/mol. The summed E-state index contributed by atoms with van der Waals surface area (Å²) in [4.78, 5) is 8.10. The molecule has 13 heavy (non-hydrogen) atoms. The van der Waals surface area contributed by atoms with Gasteiger partial charge in [0.25, 0.3) is 0 Å². The number of halogens is 1. The van der Waals surface area contributed by atoms with Crippen LogP contribution < -0.4 is 5.32 Å². The molecule has 0 fully saturated rings. The van der Waals surface area contributed by atoms with Crippen molar-refractivity contribution in [3.63, 3.8) is 0 Å². The van der Waals surface area contributed by atoms with Gasteiger partial charge < -0.3 is 5.32 Å². The van der Waals surface area contributed by atoms with Gasteiger partial charge in [0.15, 0.2) is 0 Å². The number of alkyl halides is 1. The van der Waals surface area contributed by atoms with Gasteiger partial charge in [0.2, 0.25) is 0 Å². The lowest BCUT2D eigenvalue weighted by Crippen LogP contribution is -2.31. The van der Waals surface area contributed by atoms with Crippen molar-refractivity contribution < 1.29 is 0 Å². The van der Waals surface area contributed by atoms with E-state index in [1.165, 1.54) is 0 Å². The highest BCUT2D eigenvalue weighted by atomic mass is 35.5. The number of hydrogen-bond acceptors (Lipinski definition) is 3. The summed E-state index contributed by atoms with van der Waals surface area (Å²) < 4.78 is 0. The molecule has 0 unspecified atom stereocenters. The lowest BCUT2D eigenvalue weighted by molar-refractivity contribution is 0.547. The molecule has 1 N–H and O–H groups in total. The fraction of sp³-hybridized carbons (Fsp3) is 0.556. The van der Waals surface area contributed by atoms with Crippen molar-refractivity contribution >= 4 is 17.4 Å². The monoisotopic (exact) mass is 199 g/mol. The van der Waals surface area contributed by atoms with Gasteiger partial charge in [-0.25, -0.2) is 4.98 Å². The first-order valence-electron chi connectivity index (χ1n) is 4.24. The van der Waals surface area contributed by atoms with E-state index in [9.17, 15) is 0 Å². The second-order valence-electron chi connectivity index (χ2n) is 3.54. The summed E-state index contributed by atoms with van der Waals surface area (Å²) in [6, 6.07) is 0. The van der Waals surface area contributed by atoms with Crippen molar-refractivity contribution in [1.82, 2.24) is 9.97 Å². The van der Waals surface area contributed by atoms with E-state index >= 15 is 0 Å². The standard InChI is InChI=1S/C9H14ClN3/c1-9(2,3-4-10)13-8-7-11-5-6-12-8/h5-7H,3-4H2,1-2H3,(H,12,13). The Hall–Kier alpha value is -0.830. The first-order chi connectivity index (χ1) is 6.14. The van der Waals surface area contributed by atoms with Crippen LogP contribution in [0.25, 0.3) is 0 Å². The van der Waals surface area contributed by atoms with Crippen LogP contribution in [-0.2, 0) is 0 Å². The Morgan fingerprint density at radius 3 is 2.77 bits per heavy atom. The van der Waals surface area contributed by atoms with Gasteiger partial charge in [0, 0.05) is 23.8 Å². The molecule has 3 nitrogen and oxygen atoms in total. The number of hydrogen-bond donors (Lipinski definition) is 1. The molecule has 1 heterocycles. The maximum absolute atomic E-state index is 5.68. The van der Waals surface area contributed by atoms with Crippen LogP contribution in [0.15, 0.2) is 18.6 Å². The minimum absolute atomic E-state index is 0.0300. The lowest BCUT2D eigenvalue weighted by atomic mass is 10.0. The van der Waals surface area contributed by atoms with Crippen LogP contribution in [0.5, 0.6) is 0 Å². The summed E-state index contributed by atoms with van der Waals surface area (Å²) >= 11 is 5.68. The van der Waals surface area contributed by atoms with E-state index in [0.717, 1.165) is 12.2 Å². The van der Waals surface area contributed by atoms with Crippen LogP contribution in [0.4, 0.5) is 5.82 Å². The Morgan fingerprint density at radius 1 is 1.46 bits per heavy atom. The average Bonchev–Trinajstić information content (AvgIpc) is 2.04. The second kappa shape index (κ2) is 4.42. The molecule has 0 saturated heterocycles.